The lowest BCUT2D eigenvalue weighted by Crippen LogP contribution is -2.54. The molecule has 28 heavy (non-hydrogen) atoms. The summed E-state index contributed by atoms with van der Waals surface area (Å²) in [5.41, 5.74) is 2.18. The van der Waals surface area contributed by atoms with Gasteiger partial charge >= 0.3 is 0 Å². The summed E-state index contributed by atoms with van der Waals surface area (Å²) in [6.45, 7) is 0. The number of hydrogen-bond acceptors (Lipinski definition) is 4. The first kappa shape index (κ1) is 17.8. The molecule has 2 heterocycles. The van der Waals surface area contributed by atoms with E-state index in [2.05, 4.69) is 5.10 Å². The van der Waals surface area contributed by atoms with Gasteiger partial charge in [-0.15, -0.1) is 0 Å². The molecule has 1 fully saturated rings. The summed E-state index contributed by atoms with van der Waals surface area (Å²) in [5.74, 6) is -0.888. The van der Waals surface area contributed by atoms with Crippen molar-refractivity contribution in [1.82, 2.24) is 14.7 Å². The number of thiocarbonyl (C=S) groups is 1. The smallest absolute Gasteiger partial charge is 0.270 e. The minimum absolute atomic E-state index is 0.0348. The van der Waals surface area contributed by atoms with Crippen molar-refractivity contribution >= 4 is 40.9 Å². The molecule has 0 radical (unpaired) electrons. The molecule has 1 aliphatic rings. The summed E-state index contributed by atoms with van der Waals surface area (Å²) in [6, 6.07) is 18.6. The van der Waals surface area contributed by atoms with Crippen molar-refractivity contribution in [2.45, 2.75) is 0 Å². The molecule has 0 saturated carbocycles. The van der Waals surface area contributed by atoms with Crippen molar-refractivity contribution in [3.8, 4) is 5.69 Å². The van der Waals surface area contributed by atoms with Gasteiger partial charge in [0.25, 0.3) is 11.8 Å². The van der Waals surface area contributed by atoms with E-state index in [0.29, 0.717) is 11.3 Å². The summed E-state index contributed by atoms with van der Waals surface area (Å²) in [5, 5.41) is 4.46. The molecule has 1 saturated heterocycles. The molecule has 0 unspecified atom stereocenters. The third-order valence-electron chi connectivity index (χ3n) is 4.40. The van der Waals surface area contributed by atoms with E-state index in [4.69, 9.17) is 12.2 Å². The Labute approximate surface area is 167 Å². The molecule has 2 amide bonds. The number of benzene rings is 2. The Hall–Kier alpha value is -3.58. The zero-order valence-electron chi connectivity index (χ0n) is 15.0. The molecule has 1 aromatic heterocycles. The molecule has 6 nitrogen and oxygen atoms in total. The molecule has 2 aromatic carbocycles. The first-order chi connectivity index (χ1) is 13.6. The topological polar surface area (TPSA) is 58.4 Å². The average molecular weight is 388 g/mol. The number of likely N-dealkylation sites (N-methyl/N-ethyl adjacent to an activating group) is 1. The van der Waals surface area contributed by atoms with Gasteiger partial charge in [0, 0.05) is 18.8 Å². The molecule has 0 aliphatic carbocycles. The van der Waals surface area contributed by atoms with Crippen molar-refractivity contribution < 1.29 is 9.59 Å². The fraction of sp³-hybridized carbons (Fsp3) is 0.0476. The lowest BCUT2D eigenvalue weighted by Gasteiger charge is -2.34. The maximum absolute atomic E-state index is 13.1. The molecule has 0 spiro atoms. The van der Waals surface area contributed by atoms with Crippen LogP contribution in [-0.4, -0.2) is 38.7 Å². The monoisotopic (exact) mass is 388 g/mol. The molecule has 0 bridgehead atoms. The second-order valence-corrected chi connectivity index (χ2v) is 6.60. The third kappa shape index (κ3) is 3.12. The summed E-state index contributed by atoms with van der Waals surface area (Å²) in [7, 11) is 1.56. The first-order valence-electron chi connectivity index (χ1n) is 8.59. The number of carbonyl (C=O) groups is 2. The van der Waals surface area contributed by atoms with E-state index in [1.165, 1.54) is 9.80 Å². The largest absolute Gasteiger partial charge is 0.287 e. The van der Waals surface area contributed by atoms with Crippen LogP contribution in [0.5, 0.6) is 0 Å². The van der Waals surface area contributed by atoms with Crippen LogP contribution in [0.1, 0.15) is 5.56 Å². The van der Waals surface area contributed by atoms with E-state index in [9.17, 15) is 9.59 Å². The molecular formula is C21H16N4O2S. The first-order valence-corrected chi connectivity index (χ1v) is 9.00. The Morgan fingerprint density at radius 1 is 0.893 bits per heavy atom. The van der Waals surface area contributed by atoms with Crippen LogP contribution < -0.4 is 4.90 Å². The van der Waals surface area contributed by atoms with Crippen LogP contribution >= 0.6 is 12.2 Å². The summed E-state index contributed by atoms with van der Waals surface area (Å²) in [4.78, 5) is 28.4. The number of amides is 2. The summed E-state index contributed by atoms with van der Waals surface area (Å²) >= 11 is 5.34. The van der Waals surface area contributed by atoms with Crippen molar-refractivity contribution in [3.05, 3.63) is 84.2 Å². The van der Waals surface area contributed by atoms with Crippen molar-refractivity contribution in [2.75, 3.05) is 11.9 Å². The summed E-state index contributed by atoms with van der Waals surface area (Å²) in [6.07, 6.45) is 4.92. The number of carbonyl (C=O) groups excluding carboxylic acids is 2. The van der Waals surface area contributed by atoms with E-state index in [-0.39, 0.29) is 10.7 Å². The number of aromatic nitrogens is 2. The number of hydrogen-bond donors (Lipinski definition) is 0. The minimum Gasteiger partial charge on any atom is -0.287 e. The van der Waals surface area contributed by atoms with Crippen LogP contribution in [0, 0.1) is 0 Å². The van der Waals surface area contributed by atoms with E-state index in [0.717, 1.165) is 5.69 Å². The minimum atomic E-state index is -0.452. The molecular weight excluding hydrogens is 372 g/mol. The van der Waals surface area contributed by atoms with Gasteiger partial charge in [0.2, 0.25) is 0 Å². The van der Waals surface area contributed by atoms with Crippen LogP contribution in [0.25, 0.3) is 11.8 Å². The number of rotatable bonds is 3. The predicted molar refractivity (Wildman–Crippen MR) is 111 cm³/mol. The van der Waals surface area contributed by atoms with E-state index >= 15 is 0 Å². The molecule has 4 rings (SSSR count). The molecule has 138 valence electrons. The van der Waals surface area contributed by atoms with Gasteiger partial charge in [-0.2, -0.15) is 5.10 Å². The van der Waals surface area contributed by atoms with Gasteiger partial charge in [-0.25, -0.2) is 4.68 Å². The Morgan fingerprint density at radius 3 is 2.14 bits per heavy atom. The molecule has 0 N–H and O–H groups in total. The van der Waals surface area contributed by atoms with Gasteiger partial charge < -0.3 is 0 Å². The number of para-hydroxylation sites is 2. The van der Waals surface area contributed by atoms with Gasteiger partial charge in [-0.1, -0.05) is 36.4 Å². The second-order valence-electron chi connectivity index (χ2n) is 6.23. The highest BCUT2D eigenvalue weighted by Crippen LogP contribution is 2.25. The van der Waals surface area contributed by atoms with Crippen LogP contribution in [0.4, 0.5) is 5.69 Å². The van der Waals surface area contributed by atoms with Crippen molar-refractivity contribution in [2.24, 2.45) is 0 Å². The van der Waals surface area contributed by atoms with Gasteiger partial charge in [-0.3, -0.25) is 19.4 Å². The fourth-order valence-electron chi connectivity index (χ4n) is 2.94. The number of anilines is 1. The van der Waals surface area contributed by atoms with E-state index in [1.807, 2.05) is 48.5 Å². The lowest BCUT2D eigenvalue weighted by atomic mass is 10.1. The second kappa shape index (κ2) is 7.21. The highest BCUT2D eigenvalue weighted by atomic mass is 32.1. The summed E-state index contributed by atoms with van der Waals surface area (Å²) < 4.78 is 1.69. The zero-order chi connectivity index (χ0) is 19.7. The highest BCUT2D eigenvalue weighted by molar-refractivity contribution is 7.80. The Morgan fingerprint density at radius 2 is 1.50 bits per heavy atom. The zero-order valence-corrected chi connectivity index (χ0v) is 15.8. The molecule has 3 aromatic rings. The average Bonchev–Trinajstić information content (AvgIpc) is 3.20. The van der Waals surface area contributed by atoms with Gasteiger partial charge in [-0.05, 0) is 42.6 Å². The standard InChI is InChI=1S/C21H16N4O2S/c1-23-19(26)18(20(27)25(21(23)28)17-10-6-3-7-11-17)12-15-13-22-24(14-15)16-8-4-2-5-9-16/h2-14H,1H3/b18-12-. The SMILES string of the molecule is CN1C(=O)/C(=C/c2cnn(-c3ccccc3)c2)C(=O)N(c2ccccc2)C1=S. The quantitative estimate of drug-likeness (QED) is 0.393. The maximum Gasteiger partial charge on any atom is 0.270 e. The Bertz CT molecular complexity index is 1090. The lowest BCUT2D eigenvalue weighted by molar-refractivity contribution is -0.127. The van der Waals surface area contributed by atoms with E-state index in [1.54, 1.807) is 42.3 Å². The van der Waals surface area contributed by atoms with Crippen molar-refractivity contribution in [3.63, 3.8) is 0 Å². The van der Waals surface area contributed by atoms with Crippen molar-refractivity contribution in [1.29, 1.82) is 0 Å². The highest BCUT2D eigenvalue weighted by Gasteiger charge is 2.38. The normalized spacial score (nSPS) is 16.2. The van der Waals surface area contributed by atoms with Gasteiger partial charge in [0.15, 0.2) is 5.11 Å². The Balaban J connectivity index is 1.72. The predicted octanol–water partition coefficient (Wildman–Crippen LogP) is 3.05. The van der Waals surface area contributed by atoms with Crippen LogP contribution in [0.15, 0.2) is 78.6 Å². The van der Waals surface area contributed by atoms with Crippen LogP contribution in [0.2, 0.25) is 0 Å². The van der Waals surface area contributed by atoms with E-state index < -0.39 is 11.8 Å². The third-order valence-corrected chi connectivity index (χ3v) is 4.85. The molecule has 7 heteroatoms. The maximum atomic E-state index is 13.1. The van der Waals surface area contributed by atoms with Crippen LogP contribution in [-0.2, 0) is 9.59 Å². The van der Waals surface area contributed by atoms with Gasteiger partial charge in [0.1, 0.15) is 5.57 Å². The Kier molecular flexibility index (Phi) is 4.58. The number of nitrogens with zero attached hydrogens (tertiary/aromatic N) is 4. The molecule has 1 aliphatic heterocycles. The molecule has 0 atom stereocenters. The van der Waals surface area contributed by atoms with Crippen LogP contribution in [0.3, 0.4) is 0 Å². The van der Waals surface area contributed by atoms with Gasteiger partial charge in [0.05, 0.1) is 17.6 Å². The fourth-order valence-corrected chi connectivity index (χ4v) is 3.22.